The van der Waals surface area contributed by atoms with Crippen molar-refractivity contribution in [1.82, 2.24) is 9.80 Å². The number of fused-ring (bicyclic) bond motifs is 2. The summed E-state index contributed by atoms with van der Waals surface area (Å²) in [6.07, 6.45) is 1.93. The summed E-state index contributed by atoms with van der Waals surface area (Å²) in [6, 6.07) is 12.6. The molecule has 8 nitrogen and oxygen atoms in total. The Balaban J connectivity index is 1.22. The zero-order valence-corrected chi connectivity index (χ0v) is 19.3. The lowest BCUT2D eigenvalue weighted by atomic mass is 10.1. The van der Waals surface area contributed by atoms with Crippen molar-refractivity contribution in [2.75, 3.05) is 57.5 Å². The van der Waals surface area contributed by atoms with Gasteiger partial charge in [0.1, 0.15) is 12.4 Å². The van der Waals surface area contributed by atoms with E-state index in [-0.39, 0.29) is 11.9 Å². The third-order valence-corrected chi connectivity index (χ3v) is 6.63. The van der Waals surface area contributed by atoms with Crippen molar-refractivity contribution in [1.29, 1.82) is 0 Å². The number of piperazine rings is 1. The van der Waals surface area contributed by atoms with Crippen LogP contribution in [0, 0.1) is 0 Å². The van der Waals surface area contributed by atoms with Crippen molar-refractivity contribution in [2.24, 2.45) is 4.99 Å². The molecule has 1 saturated heterocycles. The summed E-state index contributed by atoms with van der Waals surface area (Å²) in [5.41, 5.74) is 5.18. The number of ether oxygens (including phenoxy) is 2. The Hall–Kier alpha value is -3.10. The Morgan fingerprint density at radius 2 is 2.06 bits per heavy atom. The number of carbonyl (C=O) groups excluding carboxylic acids is 1. The van der Waals surface area contributed by atoms with E-state index in [2.05, 4.69) is 33.5 Å². The molecule has 0 bridgehead atoms. The molecule has 1 fully saturated rings. The molecule has 0 saturated carbocycles. The molecule has 2 N–H and O–H groups in total. The van der Waals surface area contributed by atoms with Gasteiger partial charge in [-0.3, -0.25) is 9.69 Å². The van der Waals surface area contributed by atoms with E-state index in [1.807, 2.05) is 30.3 Å². The first kappa shape index (κ1) is 21.7. The largest absolute Gasteiger partial charge is 0.496 e. The van der Waals surface area contributed by atoms with Gasteiger partial charge in [0.05, 0.1) is 19.7 Å². The van der Waals surface area contributed by atoms with Gasteiger partial charge >= 0.3 is 0 Å². The third kappa shape index (κ3) is 4.82. The lowest BCUT2D eigenvalue weighted by Gasteiger charge is -2.31. The number of rotatable bonds is 5. The van der Waals surface area contributed by atoms with Gasteiger partial charge < -0.3 is 25.0 Å². The second-order valence-electron chi connectivity index (χ2n) is 8.93. The van der Waals surface area contributed by atoms with Crippen molar-refractivity contribution < 1.29 is 14.3 Å². The first-order valence-electron chi connectivity index (χ1n) is 11.6. The fourth-order valence-corrected chi connectivity index (χ4v) is 4.76. The second kappa shape index (κ2) is 9.41. The number of carbonyl (C=O) groups is 1. The Bertz CT molecular complexity index is 1060. The SMILES string of the molecule is COc1cccc2c1C(N=C1Nc3ccc(NC(=O)CN4CCN(C)CC4)cc3CO1)CC2. The van der Waals surface area contributed by atoms with Gasteiger partial charge in [-0.15, -0.1) is 0 Å². The van der Waals surface area contributed by atoms with Crippen molar-refractivity contribution in [3.05, 3.63) is 53.1 Å². The van der Waals surface area contributed by atoms with Crippen molar-refractivity contribution in [3.63, 3.8) is 0 Å². The minimum atomic E-state index is 0.0142. The van der Waals surface area contributed by atoms with Gasteiger partial charge in [0, 0.05) is 48.7 Å². The van der Waals surface area contributed by atoms with Crippen LogP contribution in [0.1, 0.15) is 29.2 Å². The third-order valence-electron chi connectivity index (χ3n) is 6.63. The van der Waals surface area contributed by atoms with Crippen LogP contribution in [0.15, 0.2) is 41.4 Å². The molecule has 174 valence electrons. The van der Waals surface area contributed by atoms with Crippen molar-refractivity contribution >= 4 is 23.3 Å². The zero-order valence-electron chi connectivity index (χ0n) is 19.3. The molecule has 5 rings (SSSR count). The minimum absolute atomic E-state index is 0.0142. The smallest absolute Gasteiger partial charge is 0.290 e. The van der Waals surface area contributed by atoms with E-state index >= 15 is 0 Å². The van der Waals surface area contributed by atoms with Gasteiger partial charge in [-0.2, -0.15) is 0 Å². The molecule has 2 aliphatic heterocycles. The molecule has 0 spiro atoms. The van der Waals surface area contributed by atoms with Crippen LogP contribution in [-0.4, -0.2) is 68.6 Å². The van der Waals surface area contributed by atoms with Crippen LogP contribution in [0.3, 0.4) is 0 Å². The second-order valence-corrected chi connectivity index (χ2v) is 8.93. The maximum atomic E-state index is 12.5. The highest BCUT2D eigenvalue weighted by Crippen LogP contribution is 2.40. The summed E-state index contributed by atoms with van der Waals surface area (Å²) in [4.78, 5) is 21.8. The van der Waals surface area contributed by atoms with Crippen LogP contribution >= 0.6 is 0 Å². The molecule has 3 aliphatic rings. The molecular weight excluding hydrogens is 418 g/mol. The summed E-state index contributed by atoms with van der Waals surface area (Å²) in [5.74, 6) is 0.896. The summed E-state index contributed by atoms with van der Waals surface area (Å²) in [6.45, 7) is 4.67. The normalized spacial score (nSPS) is 21.6. The average Bonchev–Trinajstić information content (AvgIpc) is 3.23. The Morgan fingerprint density at radius 3 is 2.88 bits per heavy atom. The predicted molar refractivity (Wildman–Crippen MR) is 129 cm³/mol. The monoisotopic (exact) mass is 449 g/mol. The number of nitrogens with zero attached hydrogens (tertiary/aromatic N) is 3. The Kier molecular flexibility index (Phi) is 6.20. The molecule has 1 atom stereocenters. The molecule has 8 heteroatoms. The Labute approximate surface area is 194 Å². The highest BCUT2D eigenvalue weighted by atomic mass is 16.5. The fourth-order valence-electron chi connectivity index (χ4n) is 4.76. The molecule has 1 unspecified atom stereocenters. The zero-order chi connectivity index (χ0) is 22.8. The molecule has 2 aromatic carbocycles. The first-order chi connectivity index (χ1) is 16.1. The van der Waals surface area contributed by atoms with Gasteiger partial charge in [-0.1, -0.05) is 12.1 Å². The minimum Gasteiger partial charge on any atom is -0.496 e. The van der Waals surface area contributed by atoms with Gasteiger partial charge in [-0.05, 0) is 49.7 Å². The fraction of sp³-hybridized carbons (Fsp3) is 0.440. The predicted octanol–water partition coefficient (Wildman–Crippen LogP) is 2.87. The highest BCUT2D eigenvalue weighted by Gasteiger charge is 2.27. The van der Waals surface area contributed by atoms with Crippen LogP contribution in [0.5, 0.6) is 5.75 Å². The molecule has 0 radical (unpaired) electrons. The molecule has 33 heavy (non-hydrogen) atoms. The summed E-state index contributed by atoms with van der Waals surface area (Å²) in [5, 5.41) is 6.33. The van der Waals surface area contributed by atoms with Gasteiger partial charge in [0.2, 0.25) is 5.91 Å². The number of aliphatic imine (C=N–C) groups is 1. The summed E-state index contributed by atoms with van der Waals surface area (Å²) >= 11 is 0. The van der Waals surface area contributed by atoms with E-state index in [0.29, 0.717) is 19.2 Å². The van der Waals surface area contributed by atoms with Crippen LogP contribution < -0.4 is 15.4 Å². The first-order valence-corrected chi connectivity index (χ1v) is 11.6. The lowest BCUT2D eigenvalue weighted by Crippen LogP contribution is -2.47. The number of likely N-dealkylation sites (N-methyl/N-ethyl adjacent to an activating group) is 1. The van der Waals surface area contributed by atoms with Crippen molar-refractivity contribution in [2.45, 2.75) is 25.5 Å². The maximum absolute atomic E-state index is 12.5. The van der Waals surface area contributed by atoms with Crippen LogP contribution in [0.25, 0.3) is 0 Å². The van der Waals surface area contributed by atoms with Crippen LogP contribution in [-0.2, 0) is 22.6 Å². The standard InChI is InChI=1S/C25H31N5O3/c1-29-10-12-30(13-11-29)15-23(31)26-19-7-9-20-18(14-19)16-33-25(27-20)28-21-8-6-17-4-3-5-22(32-2)24(17)21/h3-5,7,9,14,21H,6,8,10-13,15-16H2,1-2H3,(H,26,31)(H,27,28). The maximum Gasteiger partial charge on any atom is 0.290 e. The van der Waals surface area contributed by atoms with E-state index in [1.165, 1.54) is 5.56 Å². The number of hydrogen-bond donors (Lipinski definition) is 2. The molecular formula is C25H31N5O3. The van der Waals surface area contributed by atoms with Crippen LogP contribution in [0.2, 0.25) is 0 Å². The summed E-state index contributed by atoms with van der Waals surface area (Å²) < 4.78 is 11.5. The van der Waals surface area contributed by atoms with Gasteiger partial charge in [-0.25, -0.2) is 4.99 Å². The van der Waals surface area contributed by atoms with E-state index < -0.39 is 0 Å². The van der Waals surface area contributed by atoms with E-state index in [0.717, 1.165) is 67.3 Å². The van der Waals surface area contributed by atoms with E-state index in [1.54, 1.807) is 7.11 Å². The number of anilines is 2. The van der Waals surface area contributed by atoms with Crippen molar-refractivity contribution in [3.8, 4) is 5.75 Å². The Morgan fingerprint density at radius 1 is 1.21 bits per heavy atom. The number of nitrogens with one attached hydrogen (secondary N) is 2. The highest BCUT2D eigenvalue weighted by molar-refractivity contribution is 5.95. The molecule has 1 aliphatic carbocycles. The molecule has 2 heterocycles. The quantitative estimate of drug-likeness (QED) is 0.731. The average molecular weight is 450 g/mol. The number of aryl methyl sites for hydroxylation is 1. The van der Waals surface area contributed by atoms with Gasteiger partial charge in [0.25, 0.3) is 6.02 Å². The van der Waals surface area contributed by atoms with Gasteiger partial charge in [0.15, 0.2) is 0 Å². The molecule has 1 amide bonds. The molecule has 0 aromatic heterocycles. The van der Waals surface area contributed by atoms with E-state index in [9.17, 15) is 4.79 Å². The number of benzene rings is 2. The molecule has 2 aromatic rings. The summed E-state index contributed by atoms with van der Waals surface area (Å²) in [7, 11) is 3.81. The van der Waals surface area contributed by atoms with E-state index in [4.69, 9.17) is 14.5 Å². The van der Waals surface area contributed by atoms with Crippen LogP contribution in [0.4, 0.5) is 11.4 Å². The lowest BCUT2D eigenvalue weighted by molar-refractivity contribution is -0.117. The number of amides is 1. The number of methoxy groups -OCH3 is 1. The number of amidine groups is 1. The number of hydrogen-bond acceptors (Lipinski definition) is 6. The topological polar surface area (TPSA) is 78.4 Å².